The van der Waals surface area contributed by atoms with Crippen molar-refractivity contribution in [1.29, 1.82) is 0 Å². The number of carbonyl (C=O) groups excluding carboxylic acids is 1. The van der Waals surface area contributed by atoms with E-state index in [-0.39, 0.29) is 17.0 Å². The van der Waals surface area contributed by atoms with Crippen LogP contribution in [0, 0.1) is 5.92 Å². The van der Waals surface area contributed by atoms with E-state index >= 15 is 0 Å². The predicted molar refractivity (Wildman–Crippen MR) is 114 cm³/mol. The molecule has 2 saturated carbocycles. The summed E-state index contributed by atoms with van der Waals surface area (Å²) < 4.78 is 1.79. The van der Waals surface area contributed by atoms with E-state index in [0.717, 1.165) is 38.5 Å². The Bertz CT molecular complexity index is 1040. The maximum Gasteiger partial charge on any atom is 0.315 e. The van der Waals surface area contributed by atoms with E-state index in [9.17, 15) is 14.7 Å². The molecule has 1 aromatic carbocycles. The highest BCUT2D eigenvalue weighted by atomic mass is 35.5. The summed E-state index contributed by atoms with van der Waals surface area (Å²) in [5.41, 5.74) is 0.470. The summed E-state index contributed by atoms with van der Waals surface area (Å²) >= 11 is 6.10. The molecule has 158 valence electrons. The number of rotatable bonds is 5. The van der Waals surface area contributed by atoms with Gasteiger partial charge in [-0.15, -0.1) is 0 Å². The molecule has 1 aliphatic heterocycles. The summed E-state index contributed by atoms with van der Waals surface area (Å²) in [6, 6.07) is 7.93. The second-order valence-corrected chi connectivity index (χ2v) is 9.48. The minimum atomic E-state index is -0.706. The van der Waals surface area contributed by atoms with Crippen molar-refractivity contribution in [1.82, 2.24) is 14.5 Å². The van der Waals surface area contributed by atoms with Gasteiger partial charge in [0.25, 0.3) is 5.91 Å². The van der Waals surface area contributed by atoms with Crippen LogP contribution in [0.25, 0.3) is 0 Å². The molecule has 1 amide bonds. The quantitative estimate of drug-likeness (QED) is 0.792. The van der Waals surface area contributed by atoms with Crippen LogP contribution in [0.5, 0.6) is 5.75 Å². The van der Waals surface area contributed by atoms with E-state index in [0.29, 0.717) is 42.8 Å². The molecular formula is C23H26ClN3O3. The van der Waals surface area contributed by atoms with Crippen molar-refractivity contribution in [3.63, 3.8) is 0 Å². The lowest BCUT2D eigenvalue weighted by Crippen LogP contribution is -2.44. The Labute approximate surface area is 180 Å². The van der Waals surface area contributed by atoms with Gasteiger partial charge in [0.05, 0.1) is 0 Å². The zero-order valence-corrected chi connectivity index (χ0v) is 17.7. The zero-order valence-electron chi connectivity index (χ0n) is 16.9. The maximum absolute atomic E-state index is 13.1. The number of halogens is 1. The van der Waals surface area contributed by atoms with Crippen molar-refractivity contribution in [2.24, 2.45) is 5.92 Å². The van der Waals surface area contributed by atoms with E-state index in [4.69, 9.17) is 11.6 Å². The van der Waals surface area contributed by atoms with Crippen LogP contribution in [0.3, 0.4) is 0 Å². The van der Waals surface area contributed by atoms with Crippen LogP contribution < -0.4 is 5.56 Å². The molecule has 30 heavy (non-hydrogen) atoms. The van der Waals surface area contributed by atoms with Crippen molar-refractivity contribution in [3.8, 4) is 5.75 Å². The number of fused-ring (bicyclic) bond motifs is 1. The highest BCUT2D eigenvalue weighted by molar-refractivity contribution is 6.30. The molecule has 3 aliphatic rings. The van der Waals surface area contributed by atoms with Crippen molar-refractivity contribution in [2.75, 3.05) is 13.1 Å². The highest BCUT2D eigenvalue weighted by Gasteiger charge is 2.39. The minimum Gasteiger partial charge on any atom is -0.501 e. The standard InChI is InChI=1S/C23H26ClN3O3/c24-17-7-5-16(6-8-17)23(9-1-2-10-23)13-18-25-21(29)20(28)19-22(30)26(11-12-27(18)19)14-15-3-4-15/h5-8,15,28H,1-4,9-14H2. The molecule has 0 spiro atoms. The van der Waals surface area contributed by atoms with Gasteiger partial charge in [-0.2, -0.15) is 4.98 Å². The van der Waals surface area contributed by atoms with Crippen LogP contribution in [0.2, 0.25) is 5.02 Å². The third kappa shape index (κ3) is 3.41. The topological polar surface area (TPSA) is 75.4 Å². The fraction of sp³-hybridized carbons (Fsp3) is 0.522. The van der Waals surface area contributed by atoms with Gasteiger partial charge in [0.1, 0.15) is 5.82 Å². The zero-order chi connectivity index (χ0) is 20.9. The first-order valence-corrected chi connectivity index (χ1v) is 11.2. The first-order chi connectivity index (χ1) is 14.5. The predicted octanol–water partition coefficient (Wildman–Crippen LogP) is 3.52. The van der Waals surface area contributed by atoms with Gasteiger partial charge in [-0.1, -0.05) is 36.6 Å². The Kier molecular flexibility index (Phi) is 4.85. The molecule has 2 fully saturated rings. The summed E-state index contributed by atoms with van der Waals surface area (Å²) in [5, 5.41) is 11.1. The molecule has 6 nitrogen and oxygen atoms in total. The van der Waals surface area contributed by atoms with Gasteiger partial charge in [0, 0.05) is 36.5 Å². The highest BCUT2D eigenvalue weighted by Crippen LogP contribution is 2.44. The Morgan fingerprint density at radius 2 is 1.80 bits per heavy atom. The van der Waals surface area contributed by atoms with Gasteiger partial charge >= 0.3 is 5.56 Å². The van der Waals surface area contributed by atoms with E-state index in [1.165, 1.54) is 5.56 Å². The number of hydrogen-bond donors (Lipinski definition) is 1. The second kappa shape index (κ2) is 7.41. The van der Waals surface area contributed by atoms with Crippen LogP contribution in [0.4, 0.5) is 0 Å². The van der Waals surface area contributed by atoms with Crippen molar-refractivity contribution < 1.29 is 9.90 Å². The van der Waals surface area contributed by atoms with Gasteiger partial charge in [0.2, 0.25) is 5.75 Å². The molecule has 2 aromatic rings. The number of aromatic hydroxyl groups is 1. The van der Waals surface area contributed by atoms with Gasteiger partial charge in [-0.3, -0.25) is 9.59 Å². The number of nitrogens with zero attached hydrogens (tertiary/aromatic N) is 3. The third-order valence-corrected chi connectivity index (χ3v) is 7.26. The smallest absolute Gasteiger partial charge is 0.315 e. The van der Waals surface area contributed by atoms with Crippen LogP contribution in [-0.4, -0.2) is 38.6 Å². The average Bonchev–Trinajstić information content (AvgIpc) is 3.43. The fourth-order valence-corrected chi connectivity index (χ4v) is 5.29. The molecule has 1 N–H and O–H groups in total. The summed E-state index contributed by atoms with van der Waals surface area (Å²) in [7, 11) is 0. The van der Waals surface area contributed by atoms with E-state index in [1.807, 2.05) is 12.1 Å². The summed E-state index contributed by atoms with van der Waals surface area (Å²) in [6.07, 6.45) is 7.11. The van der Waals surface area contributed by atoms with Gasteiger partial charge in [-0.25, -0.2) is 0 Å². The van der Waals surface area contributed by atoms with Gasteiger partial charge < -0.3 is 14.6 Å². The van der Waals surface area contributed by atoms with Crippen molar-refractivity contribution in [3.05, 3.63) is 56.7 Å². The second-order valence-electron chi connectivity index (χ2n) is 9.05. The fourth-order valence-electron chi connectivity index (χ4n) is 5.16. The number of amides is 1. The van der Waals surface area contributed by atoms with Gasteiger partial charge in [-0.05, 0) is 49.3 Å². The normalized spacial score (nSPS) is 20.4. The van der Waals surface area contributed by atoms with Crippen molar-refractivity contribution >= 4 is 17.5 Å². The third-order valence-electron chi connectivity index (χ3n) is 7.01. The number of hydrogen-bond acceptors (Lipinski definition) is 4. The molecule has 0 bridgehead atoms. The average molecular weight is 428 g/mol. The molecule has 0 atom stereocenters. The summed E-state index contributed by atoms with van der Waals surface area (Å²) in [5.74, 6) is 0.390. The van der Waals surface area contributed by atoms with E-state index < -0.39 is 11.3 Å². The van der Waals surface area contributed by atoms with E-state index in [1.54, 1.807) is 9.47 Å². The lowest BCUT2D eigenvalue weighted by Gasteiger charge is -2.34. The van der Waals surface area contributed by atoms with Gasteiger partial charge in [0.15, 0.2) is 5.69 Å². The Morgan fingerprint density at radius 1 is 1.10 bits per heavy atom. The molecular weight excluding hydrogens is 402 g/mol. The first-order valence-electron chi connectivity index (χ1n) is 10.8. The Balaban J connectivity index is 1.54. The maximum atomic E-state index is 13.1. The summed E-state index contributed by atoms with van der Waals surface area (Å²) in [6.45, 7) is 1.85. The summed E-state index contributed by atoms with van der Waals surface area (Å²) in [4.78, 5) is 31.6. The molecule has 2 heterocycles. The van der Waals surface area contributed by atoms with Crippen LogP contribution in [0.15, 0.2) is 29.1 Å². The van der Waals surface area contributed by atoms with E-state index in [2.05, 4.69) is 17.1 Å². The molecule has 2 aliphatic carbocycles. The molecule has 7 heteroatoms. The molecule has 5 rings (SSSR count). The first kappa shape index (κ1) is 19.6. The molecule has 0 saturated heterocycles. The lowest BCUT2D eigenvalue weighted by molar-refractivity contribution is 0.0684. The molecule has 0 radical (unpaired) electrons. The van der Waals surface area contributed by atoms with Crippen molar-refractivity contribution in [2.45, 2.75) is 56.9 Å². The number of benzene rings is 1. The molecule has 0 unspecified atom stereocenters. The lowest BCUT2D eigenvalue weighted by atomic mass is 9.76. The van der Waals surface area contributed by atoms with Crippen LogP contribution in [-0.2, 0) is 18.4 Å². The monoisotopic (exact) mass is 427 g/mol. The molecule has 1 aromatic heterocycles. The Hall–Kier alpha value is -2.34. The van der Waals surface area contributed by atoms with Crippen LogP contribution in [0.1, 0.15) is 60.4 Å². The SMILES string of the molecule is O=C1c2c(O)c(=O)nc(CC3(c4ccc(Cl)cc4)CCCC3)n2CCN1CC1CC1. The number of aromatic nitrogens is 2. The Morgan fingerprint density at radius 3 is 2.47 bits per heavy atom. The number of carbonyl (C=O) groups is 1. The largest absolute Gasteiger partial charge is 0.501 e. The van der Waals surface area contributed by atoms with Crippen LogP contribution >= 0.6 is 11.6 Å². The minimum absolute atomic E-state index is 0.112.